The highest BCUT2D eigenvalue weighted by Crippen LogP contribution is 2.22. The van der Waals surface area contributed by atoms with E-state index in [0.29, 0.717) is 0 Å². The molecule has 1 fully saturated rings. The van der Waals surface area contributed by atoms with Crippen molar-refractivity contribution in [1.82, 2.24) is 5.32 Å². The lowest BCUT2D eigenvalue weighted by Crippen LogP contribution is -2.25. The molecule has 0 aromatic carbocycles. The van der Waals surface area contributed by atoms with Crippen LogP contribution in [0.3, 0.4) is 0 Å². The van der Waals surface area contributed by atoms with Crippen molar-refractivity contribution >= 4 is 0 Å². The highest BCUT2D eigenvalue weighted by molar-refractivity contribution is 4.88. The Kier molecular flexibility index (Phi) is 5.14. The van der Waals surface area contributed by atoms with Crippen LogP contribution in [0.1, 0.15) is 45.4 Å². The van der Waals surface area contributed by atoms with E-state index in [2.05, 4.69) is 18.8 Å². The van der Waals surface area contributed by atoms with Crippen molar-refractivity contribution < 1.29 is 0 Å². The molecule has 0 spiro atoms. The summed E-state index contributed by atoms with van der Waals surface area (Å²) in [6.45, 7) is 8.35. The van der Waals surface area contributed by atoms with E-state index in [1.165, 1.54) is 44.2 Å². The van der Waals surface area contributed by atoms with E-state index in [-0.39, 0.29) is 0 Å². The standard InChI is InChI=1S/C12H23N/c1-11(2)8-9-13-10-12-6-4-3-5-7-12/h12-13H,1,3-10H2,2H3. The van der Waals surface area contributed by atoms with Gasteiger partial charge in [-0.05, 0) is 45.2 Å². The minimum atomic E-state index is 0.957. The average Bonchev–Trinajstić information content (AvgIpc) is 2.14. The van der Waals surface area contributed by atoms with Crippen molar-refractivity contribution in [3.8, 4) is 0 Å². The Morgan fingerprint density at radius 1 is 1.31 bits per heavy atom. The summed E-state index contributed by atoms with van der Waals surface area (Å²) in [6, 6.07) is 0. The lowest BCUT2D eigenvalue weighted by Gasteiger charge is -2.21. The van der Waals surface area contributed by atoms with Crippen molar-refractivity contribution in [3.05, 3.63) is 12.2 Å². The molecule has 0 aromatic heterocycles. The SMILES string of the molecule is C=C(C)CCNCC1CCCCC1. The molecule has 1 N–H and O–H groups in total. The maximum Gasteiger partial charge on any atom is -0.00117 e. The third kappa shape index (κ3) is 5.09. The lowest BCUT2D eigenvalue weighted by molar-refractivity contribution is 0.343. The number of hydrogen-bond donors (Lipinski definition) is 1. The van der Waals surface area contributed by atoms with E-state index in [0.717, 1.165) is 18.9 Å². The van der Waals surface area contributed by atoms with Crippen LogP contribution in [-0.2, 0) is 0 Å². The molecule has 1 heteroatoms. The number of nitrogens with one attached hydrogen (secondary N) is 1. The zero-order chi connectivity index (χ0) is 9.52. The summed E-state index contributed by atoms with van der Waals surface area (Å²) in [4.78, 5) is 0. The topological polar surface area (TPSA) is 12.0 Å². The number of rotatable bonds is 5. The first kappa shape index (κ1) is 10.8. The summed E-state index contributed by atoms with van der Waals surface area (Å²) in [5, 5.41) is 3.53. The molecule has 0 amide bonds. The maximum absolute atomic E-state index is 3.90. The summed E-state index contributed by atoms with van der Waals surface area (Å²) in [5.74, 6) is 0.957. The van der Waals surface area contributed by atoms with Crippen LogP contribution in [0.2, 0.25) is 0 Å². The van der Waals surface area contributed by atoms with Gasteiger partial charge < -0.3 is 5.32 Å². The summed E-state index contributed by atoms with van der Waals surface area (Å²) in [6.07, 6.45) is 8.38. The predicted molar refractivity (Wildman–Crippen MR) is 58.9 cm³/mol. The monoisotopic (exact) mass is 181 g/mol. The van der Waals surface area contributed by atoms with E-state index < -0.39 is 0 Å². The molecular weight excluding hydrogens is 158 g/mol. The van der Waals surface area contributed by atoms with Crippen LogP contribution in [0, 0.1) is 5.92 Å². The van der Waals surface area contributed by atoms with E-state index >= 15 is 0 Å². The molecule has 1 nitrogen and oxygen atoms in total. The molecule has 0 radical (unpaired) electrons. The molecule has 0 atom stereocenters. The molecule has 0 saturated heterocycles. The minimum Gasteiger partial charge on any atom is -0.316 e. The molecule has 1 rings (SSSR count). The van der Waals surface area contributed by atoms with E-state index in [4.69, 9.17) is 0 Å². The van der Waals surface area contributed by atoms with Gasteiger partial charge in [0.1, 0.15) is 0 Å². The van der Waals surface area contributed by atoms with Gasteiger partial charge in [-0.25, -0.2) is 0 Å². The van der Waals surface area contributed by atoms with Crippen molar-refractivity contribution in [2.75, 3.05) is 13.1 Å². The van der Waals surface area contributed by atoms with Crippen LogP contribution < -0.4 is 5.32 Å². The first-order chi connectivity index (χ1) is 6.29. The third-order valence-electron chi connectivity index (χ3n) is 2.89. The summed E-state index contributed by atoms with van der Waals surface area (Å²) < 4.78 is 0. The van der Waals surface area contributed by atoms with Gasteiger partial charge in [0, 0.05) is 0 Å². The van der Waals surface area contributed by atoms with Crippen molar-refractivity contribution in [2.24, 2.45) is 5.92 Å². The van der Waals surface area contributed by atoms with Gasteiger partial charge in [0.15, 0.2) is 0 Å². The van der Waals surface area contributed by atoms with Crippen molar-refractivity contribution in [1.29, 1.82) is 0 Å². The Balaban J connectivity index is 1.95. The summed E-state index contributed by atoms with van der Waals surface area (Å²) in [5.41, 5.74) is 1.29. The van der Waals surface area contributed by atoms with Crippen LogP contribution in [-0.4, -0.2) is 13.1 Å². The Bertz CT molecular complexity index is 145. The van der Waals surface area contributed by atoms with Crippen molar-refractivity contribution in [2.45, 2.75) is 45.4 Å². The summed E-state index contributed by atoms with van der Waals surface area (Å²) in [7, 11) is 0. The molecule has 0 unspecified atom stereocenters. The second-order valence-electron chi connectivity index (χ2n) is 4.42. The Morgan fingerprint density at radius 2 is 2.00 bits per heavy atom. The predicted octanol–water partition coefficient (Wildman–Crippen LogP) is 3.12. The largest absolute Gasteiger partial charge is 0.316 e. The van der Waals surface area contributed by atoms with E-state index in [9.17, 15) is 0 Å². The fourth-order valence-electron chi connectivity index (χ4n) is 2.00. The molecule has 0 heterocycles. The molecule has 1 aliphatic carbocycles. The Labute approximate surface area is 82.6 Å². The average molecular weight is 181 g/mol. The van der Waals surface area contributed by atoms with Gasteiger partial charge >= 0.3 is 0 Å². The Morgan fingerprint density at radius 3 is 2.62 bits per heavy atom. The van der Waals surface area contributed by atoms with Gasteiger partial charge in [-0.1, -0.05) is 24.8 Å². The van der Waals surface area contributed by atoms with Crippen LogP contribution in [0.4, 0.5) is 0 Å². The fraction of sp³-hybridized carbons (Fsp3) is 0.833. The molecule has 0 bridgehead atoms. The van der Waals surface area contributed by atoms with Crippen LogP contribution in [0.5, 0.6) is 0 Å². The van der Waals surface area contributed by atoms with Gasteiger partial charge in [-0.3, -0.25) is 0 Å². The quantitative estimate of drug-likeness (QED) is 0.507. The molecule has 1 aliphatic rings. The smallest absolute Gasteiger partial charge is 0.00117 e. The minimum absolute atomic E-state index is 0.957. The van der Waals surface area contributed by atoms with Gasteiger partial charge in [0.2, 0.25) is 0 Å². The van der Waals surface area contributed by atoms with Gasteiger partial charge in [-0.15, -0.1) is 6.58 Å². The van der Waals surface area contributed by atoms with Crippen LogP contribution in [0.15, 0.2) is 12.2 Å². The molecule has 1 saturated carbocycles. The van der Waals surface area contributed by atoms with E-state index in [1.807, 2.05) is 0 Å². The van der Waals surface area contributed by atoms with Gasteiger partial charge in [0.05, 0.1) is 0 Å². The normalized spacial score (nSPS) is 18.8. The lowest BCUT2D eigenvalue weighted by atomic mass is 9.89. The van der Waals surface area contributed by atoms with Gasteiger partial charge in [-0.2, -0.15) is 0 Å². The second-order valence-corrected chi connectivity index (χ2v) is 4.42. The zero-order valence-electron chi connectivity index (χ0n) is 8.94. The molecule has 13 heavy (non-hydrogen) atoms. The highest BCUT2D eigenvalue weighted by atomic mass is 14.9. The molecular formula is C12H23N. The number of hydrogen-bond acceptors (Lipinski definition) is 1. The van der Waals surface area contributed by atoms with Crippen LogP contribution in [0.25, 0.3) is 0 Å². The summed E-state index contributed by atoms with van der Waals surface area (Å²) >= 11 is 0. The highest BCUT2D eigenvalue weighted by Gasteiger charge is 2.11. The molecule has 0 aliphatic heterocycles. The molecule has 76 valence electrons. The van der Waals surface area contributed by atoms with E-state index in [1.54, 1.807) is 0 Å². The fourth-order valence-corrected chi connectivity index (χ4v) is 2.00. The first-order valence-electron chi connectivity index (χ1n) is 5.64. The maximum atomic E-state index is 3.90. The Hall–Kier alpha value is -0.300. The van der Waals surface area contributed by atoms with Crippen LogP contribution >= 0.6 is 0 Å². The third-order valence-corrected chi connectivity index (χ3v) is 2.89. The second kappa shape index (κ2) is 6.20. The molecule has 0 aromatic rings. The zero-order valence-corrected chi connectivity index (χ0v) is 8.94. The van der Waals surface area contributed by atoms with Gasteiger partial charge in [0.25, 0.3) is 0 Å². The van der Waals surface area contributed by atoms with Crippen molar-refractivity contribution in [3.63, 3.8) is 0 Å². The first-order valence-corrected chi connectivity index (χ1v) is 5.64.